The Labute approximate surface area is 129 Å². The molecule has 0 aliphatic carbocycles. The summed E-state index contributed by atoms with van der Waals surface area (Å²) in [6, 6.07) is 9.45. The lowest BCUT2D eigenvalue weighted by molar-refractivity contribution is 0.436. The first-order valence-corrected chi connectivity index (χ1v) is 6.92. The van der Waals surface area contributed by atoms with E-state index in [1.807, 2.05) is 24.3 Å². The van der Waals surface area contributed by atoms with Crippen LogP contribution in [-0.2, 0) is 0 Å². The normalized spacial score (nSPS) is 10.4. The number of halogens is 1. The van der Waals surface area contributed by atoms with Crippen LogP contribution < -0.4 is 10.1 Å². The summed E-state index contributed by atoms with van der Waals surface area (Å²) in [5, 5.41) is 6.97. The first-order valence-electron chi connectivity index (χ1n) is 6.12. The summed E-state index contributed by atoms with van der Waals surface area (Å²) >= 11 is 3.42. The molecule has 21 heavy (non-hydrogen) atoms. The van der Waals surface area contributed by atoms with Gasteiger partial charge in [0.2, 0.25) is 5.95 Å². The Bertz CT molecular complexity index is 746. The van der Waals surface area contributed by atoms with E-state index < -0.39 is 0 Å². The van der Waals surface area contributed by atoms with Crippen LogP contribution in [0.1, 0.15) is 0 Å². The van der Waals surface area contributed by atoms with Crippen LogP contribution in [0.3, 0.4) is 0 Å². The fraction of sp³-hybridized carbons (Fsp3) is 0.0769. The van der Waals surface area contributed by atoms with E-state index in [1.165, 1.54) is 4.68 Å². The summed E-state index contributed by atoms with van der Waals surface area (Å²) in [6.45, 7) is 0. The summed E-state index contributed by atoms with van der Waals surface area (Å²) in [7, 11) is 1.73. The fourth-order valence-electron chi connectivity index (χ4n) is 1.62. The largest absolute Gasteiger partial charge is 0.423 e. The minimum atomic E-state index is 0.187. The highest BCUT2D eigenvalue weighted by Gasteiger charge is 2.10. The van der Waals surface area contributed by atoms with Gasteiger partial charge < -0.3 is 10.1 Å². The Morgan fingerprint density at radius 1 is 1.14 bits per heavy atom. The van der Waals surface area contributed by atoms with Crippen LogP contribution in [-0.4, -0.2) is 31.8 Å². The molecule has 0 amide bonds. The van der Waals surface area contributed by atoms with Crippen molar-refractivity contribution in [3.8, 4) is 17.7 Å². The third kappa shape index (κ3) is 3.00. The standard InChI is InChI=1S/C13H11BrN6O/c1-15-11-17-12(20-8-4-7-16-20)19-13(18-11)21-10-6-3-2-5-9(10)14/h2-8H,1H3,(H,15,17,18,19). The van der Waals surface area contributed by atoms with Gasteiger partial charge >= 0.3 is 6.01 Å². The van der Waals surface area contributed by atoms with Gasteiger partial charge in [0, 0.05) is 19.4 Å². The molecular weight excluding hydrogens is 336 g/mol. The number of nitrogens with zero attached hydrogens (tertiary/aromatic N) is 5. The molecule has 2 heterocycles. The van der Waals surface area contributed by atoms with Crippen molar-refractivity contribution >= 4 is 21.9 Å². The number of hydrogen-bond donors (Lipinski definition) is 1. The lowest BCUT2D eigenvalue weighted by Crippen LogP contribution is -2.08. The van der Waals surface area contributed by atoms with Gasteiger partial charge in [-0.05, 0) is 34.1 Å². The summed E-state index contributed by atoms with van der Waals surface area (Å²) in [4.78, 5) is 12.7. The van der Waals surface area contributed by atoms with Crippen molar-refractivity contribution in [2.24, 2.45) is 0 Å². The second kappa shape index (κ2) is 5.88. The van der Waals surface area contributed by atoms with Crippen molar-refractivity contribution in [1.29, 1.82) is 0 Å². The minimum absolute atomic E-state index is 0.187. The average Bonchev–Trinajstić information content (AvgIpc) is 3.04. The van der Waals surface area contributed by atoms with Crippen molar-refractivity contribution in [2.75, 3.05) is 12.4 Å². The van der Waals surface area contributed by atoms with Crippen molar-refractivity contribution < 1.29 is 4.74 Å². The molecule has 0 spiro atoms. The van der Waals surface area contributed by atoms with E-state index in [1.54, 1.807) is 25.5 Å². The van der Waals surface area contributed by atoms with E-state index in [2.05, 4.69) is 41.3 Å². The Morgan fingerprint density at radius 3 is 2.71 bits per heavy atom. The third-order valence-electron chi connectivity index (χ3n) is 2.57. The first-order chi connectivity index (χ1) is 10.3. The molecule has 0 fully saturated rings. The zero-order chi connectivity index (χ0) is 14.7. The van der Waals surface area contributed by atoms with Gasteiger partial charge in [0.15, 0.2) is 0 Å². The van der Waals surface area contributed by atoms with Crippen molar-refractivity contribution in [3.05, 3.63) is 47.2 Å². The molecule has 3 aromatic rings. The molecule has 0 saturated heterocycles. The number of ether oxygens (including phenoxy) is 1. The number of para-hydroxylation sites is 1. The van der Waals surface area contributed by atoms with Gasteiger partial charge in [0.05, 0.1) is 4.47 Å². The zero-order valence-electron chi connectivity index (χ0n) is 11.1. The maximum Gasteiger partial charge on any atom is 0.328 e. The van der Waals surface area contributed by atoms with Crippen molar-refractivity contribution in [1.82, 2.24) is 24.7 Å². The van der Waals surface area contributed by atoms with Crippen LogP contribution in [0.2, 0.25) is 0 Å². The van der Waals surface area contributed by atoms with E-state index in [9.17, 15) is 0 Å². The summed E-state index contributed by atoms with van der Waals surface area (Å²) < 4.78 is 8.05. The highest BCUT2D eigenvalue weighted by molar-refractivity contribution is 9.10. The number of aromatic nitrogens is 5. The molecule has 7 nitrogen and oxygen atoms in total. The Balaban J connectivity index is 1.99. The van der Waals surface area contributed by atoms with Gasteiger partial charge in [-0.1, -0.05) is 12.1 Å². The van der Waals surface area contributed by atoms with Gasteiger partial charge in [-0.3, -0.25) is 0 Å². The fourth-order valence-corrected chi connectivity index (χ4v) is 1.98. The molecule has 0 saturated carbocycles. The quantitative estimate of drug-likeness (QED) is 0.782. The average molecular weight is 347 g/mol. The minimum Gasteiger partial charge on any atom is -0.423 e. The van der Waals surface area contributed by atoms with Crippen LogP contribution in [0.5, 0.6) is 11.8 Å². The molecule has 1 N–H and O–H groups in total. The topological polar surface area (TPSA) is 77.8 Å². The van der Waals surface area contributed by atoms with E-state index in [0.717, 1.165) is 4.47 Å². The maximum atomic E-state index is 5.70. The summed E-state index contributed by atoms with van der Waals surface area (Å²) in [5.74, 6) is 1.40. The SMILES string of the molecule is CNc1nc(Oc2ccccc2Br)nc(-n2cccn2)n1. The summed E-state index contributed by atoms with van der Waals surface area (Å²) in [5.41, 5.74) is 0. The lowest BCUT2D eigenvalue weighted by Gasteiger charge is -2.08. The molecular formula is C13H11BrN6O. The molecule has 106 valence electrons. The molecule has 3 rings (SSSR count). The molecule has 0 aliphatic heterocycles. The Kier molecular flexibility index (Phi) is 3.78. The lowest BCUT2D eigenvalue weighted by atomic mass is 10.3. The van der Waals surface area contributed by atoms with Crippen LogP contribution >= 0.6 is 15.9 Å². The predicted molar refractivity (Wildman–Crippen MR) is 80.7 cm³/mol. The van der Waals surface area contributed by atoms with E-state index in [0.29, 0.717) is 17.6 Å². The molecule has 2 aromatic heterocycles. The van der Waals surface area contributed by atoms with Gasteiger partial charge in [0.25, 0.3) is 5.95 Å². The van der Waals surface area contributed by atoms with Gasteiger partial charge in [-0.2, -0.15) is 20.1 Å². The van der Waals surface area contributed by atoms with Crippen molar-refractivity contribution in [2.45, 2.75) is 0 Å². The van der Waals surface area contributed by atoms with Gasteiger partial charge in [-0.25, -0.2) is 4.68 Å². The maximum absolute atomic E-state index is 5.70. The monoisotopic (exact) mass is 346 g/mol. The third-order valence-corrected chi connectivity index (χ3v) is 3.23. The predicted octanol–water partition coefficient (Wildman–Crippen LogP) is 2.65. The molecule has 0 atom stereocenters. The second-order valence-electron chi connectivity index (χ2n) is 3.97. The van der Waals surface area contributed by atoms with E-state index in [-0.39, 0.29) is 6.01 Å². The molecule has 0 bridgehead atoms. The van der Waals surface area contributed by atoms with Gasteiger partial charge in [0.1, 0.15) is 5.75 Å². The second-order valence-corrected chi connectivity index (χ2v) is 4.83. The number of rotatable bonds is 4. The van der Waals surface area contributed by atoms with Gasteiger partial charge in [-0.15, -0.1) is 0 Å². The number of hydrogen-bond acceptors (Lipinski definition) is 6. The van der Waals surface area contributed by atoms with Crippen LogP contribution in [0.4, 0.5) is 5.95 Å². The van der Waals surface area contributed by atoms with E-state index >= 15 is 0 Å². The molecule has 0 radical (unpaired) electrons. The number of nitrogens with one attached hydrogen (secondary N) is 1. The van der Waals surface area contributed by atoms with Crippen LogP contribution in [0.15, 0.2) is 47.2 Å². The molecule has 0 unspecified atom stereocenters. The highest BCUT2D eigenvalue weighted by atomic mass is 79.9. The van der Waals surface area contributed by atoms with Crippen molar-refractivity contribution in [3.63, 3.8) is 0 Å². The first kappa shape index (κ1) is 13.5. The zero-order valence-corrected chi connectivity index (χ0v) is 12.6. The number of benzene rings is 1. The highest BCUT2D eigenvalue weighted by Crippen LogP contribution is 2.27. The summed E-state index contributed by atoms with van der Waals surface area (Å²) in [6.07, 6.45) is 3.40. The molecule has 0 aliphatic rings. The van der Waals surface area contributed by atoms with Crippen LogP contribution in [0.25, 0.3) is 5.95 Å². The van der Waals surface area contributed by atoms with Crippen LogP contribution in [0, 0.1) is 0 Å². The van der Waals surface area contributed by atoms with E-state index in [4.69, 9.17) is 4.74 Å². The molecule has 8 heteroatoms. The Morgan fingerprint density at radius 2 is 2.00 bits per heavy atom. The smallest absolute Gasteiger partial charge is 0.328 e. The number of anilines is 1. The Hall–Kier alpha value is -2.48. The molecule has 1 aromatic carbocycles.